The first-order valence-electron chi connectivity index (χ1n) is 9.36. The second kappa shape index (κ2) is 10.6. The average Bonchev–Trinajstić information content (AvgIpc) is 3.14. The van der Waals surface area contributed by atoms with Crippen LogP contribution < -0.4 is 26.0 Å². The van der Waals surface area contributed by atoms with Crippen molar-refractivity contribution in [3.8, 4) is 5.75 Å². The Bertz CT molecular complexity index is 1150. The highest BCUT2D eigenvalue weighted by Crippen LogP contribution is 2.28. The molecule has 0 bridgehead atoms. The number of methoxy groups -OCH3 is 1. The highest BCUT2D eigenvalue weighted by Gasteiger charge is 2.13. The van der Waals surface area contributed by atoms with E-state index in [4.69, 9.17) is 16.3 Å². The van der Waals surface area contributed by atoms with Gasteiger partial charge in [-0.3, -0.25) is 14.9 Å². The first-order chi connectivity index (χ1) is 15.3. The molecule has 1 heterocycles. The van der Waals surface area contributed by atoms with Crippen molar-refractivity contribution < 1.29 is 19.1 Å². The number of anilines is 4. The van der Waals surface area contributed by atoms with E-state index in [9.17, 15) is 14.4 Å². The van der Waals surface area contributed by atoms with Crippen LogP contribution in [-0.2, 0) is 16.0 Å². The fourth-order valence-electron chi connectivity index (χ4n) is 2.72. The molecular formula is C21H20ClN5O4S. The minimum Gasteiger partial charge on any atom is -0.495 e. The molecule has 0 fully saturated rings. The van der Waals surface area contributed by atoms with Crippen LogP contribution in [0.3, 0.4) is 0 Å². The van der Waals surface area contributed by atoms with Crippen LogP contribution in [0.4, 0.5) is 27.0 Å². The molecule has 4 N–H and O–H groups in total. The third-order valence-electron chi connectivity index (χ3n) is 3.99. The van der Waals surface area contributed by atoms with Crippen LogP contribution in [0.5, 0.6) is 5.75 Å². The van der Waals surface area contributed by atoms with Crippen LogP contribution in [0.25, 0.3) is 0 Å². The molecule has 0 radical (unpaired) electrons. The van der Waals surface area contributed by atoms with Crippen molar-refractivity contribution in [3.63, 3.8) is 0 Å². The van der Waals surface area contributed by atoms with E-state index in [1.54, 1.807) is 47.8 Å². The molecule has 32 heavy (non-hydrogen) atoms. The summed E-state index contributed by atoms with van der Waals surface area (Å²) in [5.41, 5.74) is 1.97. The normalized spacial score (nSPS) is 10.2. The molecule has 3 aromatic rings. The molecule has 0 saturated carbocycles. The molecule has 2 aromatic carbocycles. The molecule has 0 saturated heterocycles. The first-order valence-corrected chi connectivity index (χ1v) is 10.6. The second-order valence-electron chi connectivity index (χ2n) is 6.55. The zero-order valence-electron chi connectivity index (χ0n) is 17.2. The third-order valence-corrected chi connectivity index (χ3v) is 5.03. The predicted octanol–water partition coefficient (Wildman–Crippen LogP) is 4.59. The lowest BCUT2D eigenvalue weighted by Gasteiger charge is -2.12. The Morgan fingerprint density at radius 2 is 1.81 bits per heavy atom. The van der Waals surface area contributed by atoms with Gasteiger partial charge in [-0.25, -0.2) is 9.78 Å². The van der Waals surface area contributed by atoms with E-state index < -0.39 is 6.03 Å². The monoisotopic (exact) mass is 473 g/mol. The van der Waals surface area contributed by atoms with Crippen molar-refractivity contribution >= 4 is 63.0 Å². The van der Waals surface area contributed by atoms with Crippen LogP contribution in [0.2, 0.25) is 5.02 Å². The molecule has 0 aliphatic rings. The second-order valence-corrected chi connectivity index (χ2v) is 7.85. The lowest BCUT2D eigenvalue weighted by atomic mass is 10.2. The standard InChI is InChI=1S/C21H20ClN5O4S/c1-12(28)23-15-6-7-18(31-2)17(9-15)26-19(29)10-16-11-32-21(25-16)27-20(30)24-14-5-3-4-13(22)8-14/h3-9,11H,10H2,1-2H3,(H,23,28)(H,26,29)(H2,24,25,27,30). The number of nitrogens with one attached hydrogen (secondary N) is 4. The van der Waals surface area contributed by atoms with Gasteiger partial charge in [0.05, 0.1) is 24.9 Å². The van der Waals surface area contributed by atoms with Gasteiger partial charge in [-0.1, -0.05) is 17.7 Å². The fraction of sp³-hybridized carbons (Fsp3) is 0.143. The Hall–Kier alpha value is -3.63. The Morgan fingerprint density at radius 1 is 1.03 bits per heavy atom. The predicted molar refractivity (Wildman–Crippen MR) is 126 cm³/mol. The third kappa shape index (κ3) is 6.69. The maximum atomic E-state index is 12.5. The number of rotatable bonds is 7. The van der Waals surface area contributed by atoms with Gasteiger partial charge < -0.3 is 20.7 Å². The smallest absolute Gasteiger partial charge is 0.325 e. The van der Waals surface area contributed by atoms with E-state index in [1.807, 2.05) is 0 Å². The van der Waals surface area contributed by atoms with E-state index >= 15 is 0 Å². The summed E-state index contributed by atoms with van der Waals surface area (Å²) in [5, 5.41) is 13.2. The molecule has 0 atom stereocenters. The number of amides is 4. The molecule has 11 heteroatoms. The van der Waals surface area contributed by atoms with Gasteiger partial charge in [-0.2, -0.15) is 0 Å². The van der Waals surface area contributed by atoms with Gasteiger partial charge in [0.1, 0.15) is 5.75 Å². The molecule has 0 spiro atoms. The van der Waals surface area contributed by atoms with Crippen LogP contribution in [0.15, 0.2) is 47.8 Å². The summed E-state index contributed by atoms with van der Waals surface area (Å²) in [5.74, 6) is -0.108. The highest BCUT2D eigenvalue weighted by molar-refractivity contribution is 7.14. The molecule has 4 amide bonds. The summed E-state index contributed by atoms with van der Waals surface area (Å²) in [6, 6.07) is 11.2. The number of thiazole rings is 1. The Morgan fingerprint density at radius 3 is 2.53 bits per heavy atom. The molecule has 1 aromatic heterocycles. The number of aromatic nitrogens is 1. The number of hydrogen-bond donors (Lipinski definition) is 4. The first kappa shape index (κ1) is 23.0. The molecule has 166 valence electrons. The molecule has 0 aliphatic heterocycles. The largest absolute Gasteiger partial charge is 0.495 e. The van der Waals surface area contributed by atoms with Gasteiger partial charge in [0.25, 0.3) is 0 Å². The van der Waals surface area contributed by atoms with Crippen molar-refractivity contribution in [3.05, 3.63) is 58.6 Å². The van der Waals surface area contributed by atoms with Crippen LogP contribution in [0, 0.1) is 0 Å². The maximum Gasteiger partial charge on any atom is 0.325 e. The Kier molecular flexibility index (Phi) is 7.63. The highest BCUT2D eigenvalue weighted by atomic mass is 35.5. The van der Waals surface area contributed by atoms with Gasteiger partial charge in [-0.05, 0) is 36.4 Å². The minimum absolute atomic E-state index is 0.0123. The molecule has 3 rings (SSSR count). The van der Waals surface area contributed by atoms with Crippen molar-refractivity contribution in [1.29, 1.82) is 0 Å². The van der Waals surface area contributed by atoms with Gasteiger partial charge in [0, 0.05) is 28.7 Å². The lowest BCUT2D eigenvalue weighted by Crippen LogP contribution is -2.19. The summed E-state index contributed by atoms with van der Waals surface area (Å²) < 4.78 is 5.26. The fourth-order valence-corrected chi connectivity index (χ4v) is 3.61. The zero-order valence-corrected chi connectivity index (χ0v) is 18.8. The van der Waals surface area contributed by atoms with Crippen LogP contribution >= 0.6 is 22.9 Å². The number of urea groups is 1. The molecular weight excluding hydrogens is 454 g/mol. The quantitative estimate of drug-likeness (QED) is 0.400. The Labute approximate surface area is 193 Å². The number of halogens is 1. The van der Waals surface area contributed by atoms with E-state index in [2.05, 4.69) is 26.3 Å². The summed E-state index contributed by atoms with van der Waals surface area (Å²) in [7, 11) is 1.48. The number of carbonyl (C=O) groups excluding carboxylic acids is 3. The maximum absolute atomic E-state index is 12.5. The van der Waals surface area contributed by atoms with E-state index in [0.29, 0.717) is 38.7 Å². The SMILES string of the molecule is COc1ccc(NC(C)=O)cc1NC(=O)Cc1csc(NC(=O)Nc2cccc(Cl)c2)n1. The van der Waals surface area contributed by atoms with E-state index in [0.717, 1.165) is 0 Å². The van der Waals surface area contributed by atoms with E-state index in [1.165, 1.54) is 25.4 Å². The van der Waals surface area contributed by atoms with Crippen molar-refractivity contribution in [2.45, 2.75) is 13.3 Å². The zero-order chi connectivity index (χ0) is 23.1. The van der Waals surface area contributed by atoms with Gasteiger partial charge >= 0.3 is 6.03 Å². The molecule has 0 unspecified atom stereocenters. The number of hydrogen-bond acceptors (Lipinski definition) is 6. The summed E-state index contributed by atoms with van der Waals surface area (Å²) >= 11 is 7.10. The Balaban J connectivity index is 1.58. The number of nitrogens with zero attached hydrogens (tertiary/aromatic N) is 1. The molecule has 9 nitrogen and oxygen atoms in total. The average molecular weight is 474 g/mol. The molecule has 0 aliphatic carbocycles. The van der Waals surface area contributed by atoms with Crippen LogP contribution in [0.1, 0.15) is 12.6 Å². The van der Waals surface area contributed by atoms with Gasteiger partial charge in [0.15, 0.2) is 5.13 Å². The van der Waals surface area contributed by atoms with Crippen LogP contribution in [-0.4, -0.2) is 29.9 Å². The lowest BCUT2D eigenvalue weighted by molar-refractivity contribution is -0.116. The van der Waals surface area contributed by atoms with Crippen molar-refractivity contribution in [2.75, 3.05) is 28.4 Å². The topological polar surface area (TPSA) is 121 Å². The number of ether oxygens (including phenoxy) is 1. The number of carbonyl (C=O) groups is 3. The summed E-state index contributed by atoms with van der Waals surface area (Å²) in [6.07, 6.45) is -0.0123. The van der Waals surface area contributed by atoms with Crippen molar-refractivity contribution in [1.82, 2.24) is 4.98 Å². The van der Waals surface area contributed by atoms with E-state index in [-0.39, 0.29) is 18.2 Å². The summed E-state index contributed by atoms with van der Waals surface area (Å²) in [4.78, 5) is 40.1. The van der Waals surface area contributed by atoms with Crippen molar-refractivity contribution in [2.24, 2.45) is 0 Å². The summed E-state index contributed by atoms with van der Waals surface area (Å²) in [6.45, 7) is 1.39. The minimum atomic E-state index is -0.475. The van der Waals surface area contributed by atoms with Gasteiger partial charge in [-0.15, -0.1) is 11.3 Å². The van der Waals surface area contributed by atoms with Gasteiger partial charge in [0.2, 0.25) is 11.8 Å². The number of benzene rings is 2.